The van der Waals surface area contributed by atoms with Crippen molar-refractivity contribution in [2.45, 2.75) is 6.92 Å². The number of rotatable bonds is 2. The van der Waals surface area contributed by atoms with Crippen LogP contribution in [-0.4, -0.2) is 42.0 Å². The Kier molecular flexibility index (Phi) is 3.88. The van der Waals surface area contributed by atoms with E-state index in [1.165, 1.54) is 23.5 Å². The predicted molar refractivity (Wildman–Crippen MR) is 81.4 cm³/mol. The smallest absolute Gasteiger partial charge is 0.273 e. The summed E-state index contributed by atoms with van der Waals surface area (Å²) < 4.78 is 12.9. The lowest BCUT2D eigenvalue weighted by Gasteiger charge is -2.35. The molecule has 0 unspecified atom stereocenters. The maximum absolute atomic E-state index is 12.9. The first kappa shape index (κ1) is 14.0. The summed E-state index contributed by atoms with van der Waals surface area (Å²) in [6.07, 6.45) is 0. The third-order valence-corrected chi connectivity index (χ3v) is 4.37. The van der Waals surface area contributed by atoms with Gasteiger partial charge in [-0.05, 0) is 31.2 Å². The van der Waals surface area contributed by atoms with Crippen LogP contribution in [0.25, 0.3) is 0 Å². The first-order valence-electron chi connectivity index (χ1n) is 6.85. The fourth-order valence-electron chi connectivity index (χ4n) is 2.44. The van der Waals surface area contributed by atoms with E-state index in [-0.39, 0.29) is 11.7 Å². The van der Waals surface area contributed by atoms with E-state index in [1.54, 1.807) is 12.1 Å². The molecular formula is C15H16FN3OS. The molecule has 2 heterocycles. The van der Waals surface area contributed by atoms with Crippen molar-refractivity contribution in [3.8, 4) is 0 Å². The first-order chi connectivity index (χ1) is 10.1. The van der Waals surface area contributed by atoms with Crippen LogP contribution in [0.1, 0.15) is 15.5 Å². The highest BCUT2D eigenvalue weighted by atomic mass is 32.1. The molecule has 110 valence electrons. The number of carbonyl (C=O) groups is 1. The van der Waals surface area contributed by atoms with Gasteiger partial charge >= 0.3 is 0 Å². The van der Waals surface area contributed by atoms with Gasteiger partial charge in [-0.15, -0.1) is 11.3 Å². The summed E-state index contributed by atoms with van der Waals surface area (Å²) >= 11 is 1.49. The summed E-state index contributed by atoms with van der Waals surface area (Å²) in [5.74, 6) is -0.232. The van der Waals surface area contributed by atoms with Gasteiger partial charge in [-0.3, -0.25) is 4.79 Å². The van der Waals surface area contributed by atoms with Crippen molar-refractivity contribution in [2.24, 2.45) is 0 Å². The van der Waals surface area contributed by atoms with Crippen LogP contribution in [0.4, 0.5) is 10.1 Å². The molecule has 0 saturated carbocycles. The van der Waals surface area contributed by atoms with E-state index >= 15 is 0 Å². The molecule has 2 aromatic rings. The standard InChI is InChI=1S/C15H16FN3OS/c1-11-17-14(10-21-11)15(20)19-8-6-18(7-9-19)13-4-2-12(16)3-5-13/h2-5,10H,6-9H2,1H3. The molecule has 0 radical (unpaired) electrons. The molecule has 1 saturated heterocycles. The van der Waals surface area contributed by atoms with Crippen LogP contribution in [0.2, 0.25) is 0 Å². The zero-order valence-corrected chi connectivity index (χ0v) is 12.6. The van der Waals surface area contributed by atoms with E-state index in [0.717, 1.165) is 23.8 Å². The lowest BCUT2D eigenvalue weighted by atomic mass is 10.2. The average molecular weight is 305 g/mol. The quantitative estimate of drug-likeness (QED) is 0.855. The molecule has 1 amide bonds. The molecule has 0 aliphatic carbocycles. The first-order valence-corrected chi connectivity index (χ1v) is 7.73. The molecule has 0 N–H and O–H groups in total. The van der Waals surface area contributed by atoms with E-state index < -0.39 is 0 Å². The molecular weight excluding hydrogens is 289 g/mol. The van der Waals surface area contributed by atoms with Gasteiger partial charge in [-0.25, -0.2) is 9.37 Å². The number of amides is 1. The van der Waals surface area contributed by atoms with Crippen molar-refractivity contribution in [1.82, 2.24) is 9.88 Å². The number of piperazine rings is 1. The highest BCUT2D eigenvalue weighted by molar-refractivity contribution is 7.09. The van der Waals surface area contributed by atoms with Gasteiger partial charge in [-0.1, -0.05) is 0 Å². The zero-order chi connectivity index (χ0) is 14.8. The summed E-state index contributed by atoms with van der Waals surface area (Å²) in [5.41, 5.74) is 1.53. The minimum Gasteiger partial charge on any atom is -0.368 e. The third kappa shape index (κ3) is 3.05. The Bertz CT molecular complexity index is 633. The number of carbonyl (C=O) groups excluding carboxylic acids is 1. The molecule has 0 bridgehead atoms. The van der Waals surface area contributed by atoms with Gasteiger partial charge in [0.15, 0.2) is 0 Å². The topological polar surface area (TPSA) is 36.4 Å². The van der Waals surface area contributed by atoms with Gasteiger partial charge in [-0.2, -0.15) is 0 Å². The SMILES string of the molecule is Cc1nc(C(=O)N2CCN(c3ccc(F)cc3)CC2)cs1. The highest BCUT2D eigenvalue weighted by Gasteiger charge is 2.23. The third-order valence-electron chi connectivity index (χ3n) is 3.60. The number of aromatic nitrogens is 1. The number of thiazole rings is 1. The second kappa shape index (κ2) is 5.81. The maximum atomic E-state index is 12.9. The molecule has 6 heteroatoms. The maximum Gasteiger partial charge on any atom is 0.273 e. The van der Waals surface area contributed by atoms with E-state index in [1.807, 2.05) is 17.2 Å². The molecule has 1 aliphatic rings. The van der Waals surface area contributed by atoms with E-state index in [4.69, 9.17) is 0 Å². The fourth-order valence-corrected chi connectivity index (χ4v) is 3.03. The lowest BCUT2D eigenvalue weighted by molar-refractivity contribution is 0.0741. The number of nitrogens with zero attached hydrogens (tertiary/aromatic N) is 3. The molecule has 0 spiro atoms. The number of hydrogen-bond acceptors (Lipinski definition) is 4. The van der Waals surface area contributed by atoms with Crippen molar-refractivity contribution in [2.75, 3.05) is 31.1 Å². The summed E-state index contributed by atoms with van der Waals surface area (Å²) in [5, 5.41) is 2.72. The Hall–Kier alpha value is -1.95. The van der Waals surface area contributed by atoms with Crippen LogP contribution in [0.15, 0.2) is 29.6 Å². The summed E-state index contributed by atoms with van der Waals surface area (Å²) in [7, 11) is 0. The van der Waals surface area contributed by atoms with Gasteiger partial charge in [0.25, 0.3) is 5.91 Å². The Balaban J connectivity index is 1.62. The monoisotopic (exact) mass is 305 g/mol. The van der Waals surface area contributed by atoms with Crippen molar-refractivity contribution in [3.05, 3.63) is 46.2 Å². The fraction of sp³-hybridized carbons (Fsp3) is 0.333. The molecule has 4 nitrogen and oxygen atoms in total. The van der Waals surface area contributed by atoms with Gasteiger partial charge in [0.1, 0.15) is 11.5 Å². The number of benzene rings is 1. The normalized spacial score (nSPS) is 15.3. The van der Waals surface area contributed by atoms with Crippen molar-refractivity contribution >= 4 is 22.9 Å². The number of hydrogen-bond donors (Lipinski definition) is 0. The minimum absolute atomic E-state index is 0.00175. The van der Waals surface area contributed by atoms with Crippen LogP contribution in [0.5, 0.6) is 0 Å². The number of halogens is 1. The van der Waals surface area contributed by atoms with Gasteiger partial charge in [0, 0.05) is 37.2 Å². The summed E-state index contributed by atoms with van der Waals surface area (Å²) in [4.78, 5) is 20.5. The van der Waals surface area contributed by atoms with Crippen LogP contribution in [0.3, 0.4) is 0 Å². The molecule has 1 aliphatic heterocycles. The van der Waals surface area contributed by atoms with Gasteiger partial charge in [0.2, 0.25) is 0 Å². The van der Waals surface area contributed by atoms with Crippen LogP contribution >= 0.6 is 11.3 Å². The van der Waals surface area contributed by atoms with Crippen LogP contribution in [-0.2, 0) is 0 Å². The molecule has 0 atom stereocenters. The Labute approximate surface area is 126 Å². The van der Waals surface area contributed by atoms with Crippen LogP contribution < -0.4 is 4.90 Å². The second-order valence-corrected chi connectivity index (χ2v) is 6.07. The average Bonchev–Trinajstić information content (AvgIpc) is 2.94. The Morgan fingerprint density at radius 2 is 1.86 bits per heavy atom. The predicted octanol–water partition coefficient (Wildman–Crippen LogP) is 2.55. The number of aryl methyl sites for hydroxylation is 1. The molecule has 1 aromatic carbocycles. The minimum atomic E-state index is -0.230. The van der Waals surface area contributed by atoms with Gasteiger partial charge < -0.3 is 9.80 Å². The van der Waals surface area contributed by atoms with Crippen molar-refractivity contribution in [1.29, 1.82) is 0 Å². The molecule has 21 heavy (non-hydrogen) atoms. The van der Waals surface area contributed by atoms with E-state index in [2.05, 4.69) is 9.88 Å². The number of anilines is 1. The van der Waals surface area contributed by atoms with Crippen LogP contribution in [0, 0.1) is 12.7 Å². The molecule has 1 aromatic heterocycles. The second-order valence-electron chi connectivity index (χ2n) is 5.01. The summed E-state index contributed by atoms with van der Waals surface area (Å²) in [6.45, 7) is 4.72. The zero-order valence-electron chi connectivity index (χ0n) is 11.8. The van der Waals surface area contributed by atoms with Crippen molar-refractivity contribution < 1.29 is 9.18 Å². The van der Waals surface area contributed by atoms with Gasteiger partial charge in [0.05, 0.1) is 5.01 Å². The Morgan fingerprint density at radius 1 is 1.19 bits per heavy atom. The largest absolute Gasteiger partial charge is 0.368 e. The van der Waals surface area contributed by atoms with E-state index in [0.29, 0.717) is 18.8 Å². The Morgan fingerprint density at radius 3 is 2.43 bits per heavy atom. The van der Waals surface area contributed by atoms with E-state index in [9.17, 15) is 9.18 Å². The summed E-state index contributed by atoms with van der Waals surface area (Å²) in [6, 6.07) is 6.48. The van der Waals surface area contributed by atoms with Crippen molar-refractivity contribution in [3.63, 3.8) is 0 Å². The molecule has 3 rings (SSSR count). The molecule has 1 fully saturated rings. The highest BCUT2D eigenvalue weighted by Crippen LogP contribution is 2.18. The lowest BCUT2D eigenvalue weighted by Crippen LogP contribution is -2.48.